The topological polar surface area (TPSA) is 56.5 Å². The Kier molecular flexibility index (Phi) is 10.6. The zero-order valence-electron chi connectivity index (χ0n) is 38.3. The van der Waals surface area contributed by atoms with Gasteiger partial charge < -0.3 is 4.57 Å². The Morgan fingerprint density at radius 1 is 0.275 bits per heavy atom. The lowest BCUT2D eigenvalue weighted by Crippen LogP contribution is -2.03. The monoisotopic (exact) mass is 883 g/mol. The molecule has 3 aromatic heterocycles. The van der Waals surface area contributed by atoms with Gasteiger partial charge in [0.1, 0.15) is 0 Å². The first-order valence-corrected chi connectivity index (χ1v) is 23.4. The number of aryl methyl sites for hydroxylation is 2. The Balaban J connectivity index is 1.15. The minimum absolute atomic E-state index is 0.607. The summed E-state index contributed by atoms with van der Waals surface area (Å²) in [5.41, 5.74) is 19.4. The number of hydrogen-bond acceptors (Lipinski definition) is 4. The molecule has 0 fully saturated rings. The minimum atomic E-state index is 0.607. The molecule has 3 heterocycles. The molecule has 0 spiro atoms. The molecule has 69 heavy (non-hydrogen) atoms. The van der Waals surface area contributed by atoms with Crippen LogP contribution >= 0.6 is 0 Å². The third-order valence-corrected chi connectivity index (χ3v) is 12.9. The van der Waals surface area contributed by atoms with Crippen LogP contribution in [0.4, 0.5) is 0 Å². The molecule has 0 aliphatic rings. The van der Waals surface area contributed by atoms with Gasteiger partial charge in [-0.15, -0.1) is 0 Å². The van der Waals surface area contributed by atoms with E-state index in [0.29, 0.717) is 11.6 Å². The highest BCUT2D eigenvalue weighted by atomic mass is 15.0. The van der Waals surface area contributed by atoms with Gasteiger partial charge in [0.25, 0.3) is 0 Å². The summed E-state index contributed by atoms with van der Waals surface area (Å²) in [6, 6.07) is 83.4. The molecule has 12 aromatic rings. The molecule has 0 unspecified atom stereocenters. The summed E-state index contributed by atoms with van der Waals surface area (Å²) in [5, 5.41) is 2.32. The Labute approximate surface area is 401 Å². The third-order valence-electron chi connectivity index (χ3n) is 12.9. The lowest BCUT2D eigenvalue weighted by atomic mass is 9.99. The molecule has 0 amide bonds. The third kappa shape index (κ3) is 8.06. The van der Waals surface area contributed by atoms with Crippen molar-refractivity contribution in [2.75, 3.05) is 0 Å². The van der Waals surface area contributed by atoms with Crippen molar-refractivity contribution in [3.63, 3.8) is 0 Å². The summed E-state index contributed by atoms with van der Waals surface area (Å²) in [6.45, 7) is 4.30. The highest BCUT2D eigenvalue weighted by molar-refractivity contribution is 6.12. The van der Waals surface area contributed by atoms with Crippen LogP contribution in [0.3, 0.4) is 0 Å². The Hall–Kier alpha value is -9.06. The van der Waals surface area contributed by atoms with E-state index in [4.69, 9.17) is 19.9 Å². The molecule has 0 saturated carbocycles. The van der Waals surface area contributed by atoms with Gasteiger partial charge in [-0.3, -0.25) is 0 Å². The van der Waals surface area contributed by atoms with E-state index in [1.165, 1.54) is 33.4 Å². The fourth-order valence-electron chi connectivity index (χ4n) is 9.51. The van der Waals surface area contributed by atoms with Crippen molar-refractivity contribution in [2.24, 2.45) is 0 Å². The molecular weight excluding hydrogens is 839 g/mol. The van der Waals surface area contributed by atoms with E-state index in [0.717, 1.165) is 83.6 Å². The van der Waals surface area contributed by atoms with E-state index < -0.39 is 0 Å². The first-order valence-electron chi connectivity index (χ1n) is 23.4. The van der Waals surface area contributed by atoms with Gasteiger partial charge in [0.15, 0.2) is 11.6 Å². The molecule has 5 heteroatoms. The smallest absolute Gasteiger partial charge is 0.162 e. The number of rotatable bonds is 9. The zero-order chi connectivity index (χ0) is 46.3. The number of nitrogens with zero attached hydrogens (tertiary/aromatic N) is 5. The van der Waals surface area contributed by atoms with Gasteiger partial charge >= 0.3 is 0 Å². The van der Waals surface area contributed by atoms with Gasteiger partial charge in [-0.25, -0.2) is 19.9 Å². The van der Waals surface area contributed by atoms with Crippen LogP contribution in [0.1, 0.15) is 11.1 Å². The second-order valence-electron chi connectivity index (χ2n) is 17.7. The van der Waals surface area contributed by atoms with E-state index in [9.17, 15) is 0 Å². The molecule has 0 bridgehead atoms. The molecule has 0 aliphatic carbocycles. The van der Waals surface area contributed by atoms with E-state index in [2.05, 4.69) is 206 Å². The summed E-state index contributed by atoms with van der Waals surface area (Å²) in [6.07, 6.45) is 0. The lowest BCUT2D eigenvalue weighted by Gasteiger charge is -2.17. The van der Waals surface area contributed by atoms with Gasteiger partial charge in [0.05, 0.1) is 39.5 Å². The van der Waals surface area contributed by atoms with Crippen LogP contribution in [-0.2, 0) is 0 Å². The fourth-order valence-corrected chi connectivity index (χ4v) is 9.51. The average Bonchev–Trinajstić information content (AvgIpc) is 3.74. The Morgan fingerprint density at radius 2 is 0.652 bits per heavy atom. The van der Waals surface area contributed by atoms with Crippen molar-refractivity contribution in [2.45, 2.75) is 13.8 Å². The van der Waals surface area contributed by atoms with Crippen LogP contribution in [0.2, 0.25) is 0 Å². The van der Waals surface area contributed by atoms with Crippen molar-refractivity contribution in [1.82, 2.24) is 24.5 Å². The van der Waals surface area contributed by atoms with Crippen molar-refractivity contribution in [3.05, 3.63) is 248 Å². The van der Waals surface area contributed by atoms with E-state index in [1.54, 1.807) is 0 Å². The molecule has 326 valence electrons. The second-order valence-corrected chi connectivity index (χ2v) is 17.7. The van der Waals surface area contributed by atoms with Crippen molar-refractivity contribution in [3.8, 4) is 95.7 Å². The molecule has 9 aromatic carbocycles. The first-order chi connectivity index (χ1) is 34.0. The zero-order valence-corrected chi connectivity index (χ0v) is 38.3. The van der Waals surface area contributed by atoms with E-state index in [1.807, 2.05) is 48.5 Å². The van der Waals surface area contributed by atoms with Crippen LogP contribution in [0.15, 0.2) is 237 Å². The highest BCUT2D eigenvalue weighted by Gasteiger charge is 2.22. The van der Waals surface area contributed by atoms with Crippen LogP contribution < -0.4 is 0 Å². The molecule has 0 saturated heterocycles. The molecule has 0 radical (unpaired) electrons. The summed E-state index contributed by atoms with van der Waals surface area (Å²) in [7, 11) is 0. The largest absolute Gasteiger partial charge is 0.308 e. The fraction of sp³-hybridized carbons (Fsp3) is 0.0312. The van der Waals surface area contributed by atoms with Crippen LogP contribution in [-0.4, -0.2) is 24.5 Å². The summed E-state index contributed by atoms with van der Waals surface area (Å²) in [5.74, 6) is 1.26. The molecule has 12 rings (SSSR count). The Bertz CT molecular complexity index is 3620. The Morgan fingerprint density at radius 3 is 1.10 bits per heavy atom. The van der Waals surface area contributed by atoms with Gasteiger partial charge in [0, 0.05) is 44.2 Å². The number of fused-ring (bicyclic) bond motifs is 3. The summed E-state index contributed by atoms with van der Waals surface area (Å²) >= 11 is 0. The van der Waals surface area contributed by atoms with E-state index in [-0.39, 0.29) is 0 Å². The molecule has 0 atom stereocenters. The van der Waals surface area contributed by atoms with Gasteiger partial charge in [-0.1, -0.05) is 199 Å². The van der Waals surface area contributed by atoms with Gasteiger partial charge in [0.2, 0.25) is 0 Å². The predicted octanol–water partition coefficient (Wildman–Crippen LogP) is 16.3. The second kappa shape index (κ2) is 17.6. The SMILES string of the molecule is Cc1cccc(-c2ccc3c(c2)c2cc(-c4cccc(C)c4)ccc2n3-c2ccc(-c3cc(-c4ccccc4)nc(-c4ccccc4)n3)cc2-c2nc(-c3ccccc3)cc(-c3ccccc3)n2)c1. The molecule has 0 N–H and O–H groups in total. The first kappa shape index (κ1) is 41.4. The van der Waals surface area contributed by atoms with E-state index >= 15 is 0 Å². The van der Waals surface area contributed by atoms with Gasteiger partial charge in [-0.05, 0) is 84.6 Å². The lowest BCUT2D eigenvalue weighted by molar-refractivity contribution is 1.13. The summed E-state index contributed by atoms with van der Waals surface area (Å²) in [4.78, 5) is 21.3. The highest BCUT2D eigenvalue weighted by Crippen LogP contribution is 2.42. The maximum atomic E-state index is 5.46. The maximum Gasteiger partial charge on any atom is 0.162 e. The van der Waals surface area contributed by atoms with Crippen LogP contribution in [0.25, 0.3) is 118 Å². The molecular formula is C64H45N5. The quantitative estimate of drug-likeness (QED) is 0.145. The maximum absolute atomic E-state index is 5.46. The van der Waals surface area contributed by atoms with Crippen LogP contribution in [0, 0.1) is 13.8 Å². The van der Waals surface area contributed by atoms with Crippen LogP contribution in [0.5, 0.6) is 0 Å². The standard InChI is InChI=1S/C64H45N5/c1-42-17-15-27-48(35-42)50-29-32-60-53(37-50)54-38-51(49-28-16-18-43(2)36-49)30-33-61(54)69(60)62-34-31-52(59-41-56(44-19-7-3-8-20-44)65-63(66-59)47-25-13-6-14-26-47)39-55(62)64-67-57(45-21-9-4-10-22-45)40-58(68-64)46-23-11-5-12-24-46/h3-41H,1-2H3. The predicted molar refractivity (Wildman–Crippen MR) is 285 cm³/mol. The average molecular weight is 884 g/mol. The normalized spacial score (nSPS) is 11.3. The summed E-state index contributed by atoms with van der Waals surface area (Å²) < 4.78 is 2.40. The van der Waals surface area contributed by atoms with Crippen molar-refractivity contribution < 1.29 is 0 Å². The number of aromatic nitrogens is 5. The number of benzene rings is 9. The van der Waals surface area contributed by atoms with Crippen molar-refractivity contribution >= 4 is 21.8 Å². The minimum Gasteiger partial charge on any atom is -0.308 e. The molecule has 5 nitrogen and oxygen atoms in total. The number of hydrogen-bond donors (Lipinski definition) is 0. The van der Waals surface area contributed by atoms with Crippen molar-refractivity contribution in [1.29, 1.82) is 0 Å². The molecule has 0 aliphatic heterocycles. The van der Waals surface area contributed by atoms with Gasteiger partial charge in [-0.2, -0.15) is 0 Å².